The molecule has 1 saturated heterocycles. The van der Waals surface area contributed by atoms with E-state index in [1.165, 1.54) is 11.8 Å². The summed E-state index contributed by atoms with van der Waals surface area (Å²) in [6.45, 7) is 0. The number of nitrogens with zero attached hydrogens (tertiary/aromatic N) is 1. The molecule has 0 aliphatic carbocycles. The number of thioether (sulfide) groups is 1. The van der Waals surface area contributed by atoms with E-state index in [0.29, 0.717) is 6.42 Å². The molecule has 0 bridgehead atoms. The zero-order chi connectivity index (χ0) is 18.1. The highest BCUT2D eigenvalue weighted by atomic mass is 32.2. The molecule has 0 saturated carbocycles. The van der Waals surface area contributed by atoms with Crippen molar-refractivity contribution in [3.8, 4) is 0 Å². The molecule has 1 fully saturated rings. The quantitative estimate of drug-likeness (QED) is 0.551. The monoisotopic (exact) mass is 386 g/mol. The van der Waals surface area contributed by atoms with E-state index in [9.17, 15) is 13.2 Å². The number of nitrogens with one attached hydrogen (secondary N) is 1. The Morgan fingerprint density at radius 3 is 2.50 bits per heavy atom. The van der Waals surface area contributed by atoms with E-state index >= 15 is 0 Å². The lowest BCUT2D eigenvalue weighted by Gasteiger charge is -2.12. The minimum atomic E-state index is -3.00. The minimum Gasteiger partial charge on any atom is -0.352 e. The van der Waals surface area contributed by atoms with E-state index < -0.39 is 9.84 Å². The van der Waals surface area contributed by atoms with Crippen molar-refractivity contribution in [1.29, 1.82) is 0 Å². The summed E-state index contributed by atoms with van der Waals surface area (Å²) in [5.41, 5.74) is 0.899. The fraction of sp³-hybridized carbons (Fsp3) is 0.263. The lowest BCUT2D eigenvalue weighted by Crippen LogP contribution is -2.36. The number of hydrogen-bond acceptors (Lipinski definition) is 5. The van der Waals surface area contributed by atoms with Crippen LogP contribution in [0.2, 0.25) is 0 Å². The molecular formula is C19H18N2O3S2. The molecule has 1 N–H and O–H groups in total. The average Bonchev–Trinajstić information content (AvgIpc) is 2.98. The van der Waals surface area contributed by atoms with Crippen molar-refractivity contribution in [3.05, 3.63) is 48.5 Å². The number of fused-ring (bicyclic) bond motifs is 3. The van der Waals surface area contributed by atoms with Crippen LogP contribution in [0.4, 0.5) is 0 Å². The number of hydrogen-bond donors (Lipinski definition) is 1. The SMILES string of the molecule is O=C(CSc1nc2ccccc2c2ccccc12)N[C@H]1CCS(=O)(=O)C1. The second kappa shape index (κ2) is 6.89. The molecule has 134 valence electrons. The number of sulfone groups is 1. The molecule has 5 nitrogen and oxygen atoms in total. The molecular weight excluding hydrogens is 368 g/mol. The van der Waals surface area contributed by atoms with Gasteiger partial charge in [0, 0.05) is 16.8 Å². The number of pyridine rings is 1. The fourth-order valence-corrected chi connectivity index (χ4v) is 5.82. The zero-order valence-electron chi connectivity index (χ0n) is 14.0. The predicted octanol–water partition coefficient (Wildman–Crippen LogP) is 2.78. The first kappa shape index (κ1) is 17.3. The molecule has 4 rings (SSSR count). The van der Waals surface area contributed by atoms with Crippen LogP contribution < -0.4 is 5.32 Å². The molecule has 3 aromatic rings. The maximum absolute atomic E-state index is 12.2. The number of para-hydroxylation sites is 1. The summed E-state index contributed by atoms with van der Waals surface area (Å²) in [6.07, 6.45) is 0.496. The third-order valence-corrected chi connectivity index (χ3v) is 7.27. The summed E-state index contributed by atoms with van der Waals surface area (Å²) in [4.78, 5) is 16.9. The summed E-state index contributed by atoms with van der Waals surface area (Å²) in [6, 6.07) is 15.7. The standard InChI is InChI=1S/C19H18N2O3S2/c22-18(20-13-9-10-26(23,24)12-13)11-25-19-16-7-2-1-5-14(16)15-6-3-4-8-17(15)21-19/h1-8,13H,9-12H2,(H,20,22)/t13-/m0/s1. The first-order valence-corrected chi connectivity index (χ1v) is 11.2. The number of rotatable bonds is 4. The first-order chi connectivity index (χ1) is 12.5. The fourth-order valence-electron chi connectivity index (χ4n) is 3.30. The second-order valence-electron chi connectivity index (χ2n) is 6.44. The topological polar surface area (TPSA) is 76.1 Å². The molecule has 0 spiro atoms. The van der Waals surface area contributed by atoms with Crippen molar-refractivity contribution in [2.24, 2.45) is 0 Å². The Kier molecular flexibility index (Phi) is 4.58. The van der Waals surface area contributed by atoms with E-state index in [1.807, 2.05) is 42.5 Å². The lowest BCUT2D eigenvalue weighted by molar-refractivity contribution is -0.119. The summed E-state index contributed by atoms with van der Waals surface area (Å²) in [7, 11) is -3.00. The van der Waals surface area contributed by atoms with Crippen molar-refractivity contribution in [3.63, 3.8) is 0 Å². The van der Waals surface area contributed by atoms with Gasteiger partial charge in [0.05, 0.1) is 22.8 Å². The van der Waals surface area contributed by atoms with Crippen LogP contribution in [-0.2, 0) is 14.6 Å². The second-order valence-corrected chi connectivity index (χ2v) is 9.63. The van der Waals surface area contributed by atoms with E-state index in [2.05, 4.69) is 11.4 Å². The van der Waals surface area contributed by atoms with E-state index in [-0.39, 0.29) is 29.2 Å². The summed E-state index contributed by atoms with van der Waals surface area (Å²) < 4.78 is 23.0. The molecule has 26 heavy (non-hydrogen) atoms. The van der Waals surface area contributed by atoms with Crippen LogP contribution in [0.3, 0.4) is 0 Å². The van der Waals surface area contributed by atoms with Gasteiger partial charge in [-0.25, -0.2) is 13.4 Å². The van der Waals surface area contributed by atoms with Crippen molar-refractivity contribution < 1.29 is 13.2 Å². The van der Waals surface area contributed by atoms with Gasteiger partial charge in [0.1, 0.15) is 5.03 Å². The summed E-state index contributed by atoms with van der Waals surface area (Å²) in [5, 5.41) is 6.86. The van der Waals surface area contributed by atoms with Crippen LogP contribution in [0.25, 0.3) is 21.7 Å². The lowest BCUT2D eigenvalue weighted by atomic mass is 10.1. The number of amides is 1. The van der Waals surface area contributed by atoms with Crippen LogP contribution in [0.15, 0.2) is 53.6 Å². The number of carbonyl (C=O) groups is 1. The first-order valence-electron chi connectivity index (χ1n) is 8.42. The van der Waals surface area contributed by atoms with E-state index in [1.54, 1.807) is 0 Å². The van der Waals surface area contributed by atoms with Crippen LogP contribution >= 0.6 is 11.8 Å². The van der Waals surface area contributed by atoms with Gasteiger partial charge in [-0.2, -0.15) is 0 Å². The molecule has 1 aromatic heterocycles. The van der Waals surface area contributed by atoms with Crippen molar-refractivity contribution in [2.45, 2.75) is 17.5 Å². The van der Waals surface area contributed by atoms with Gasteiger partial charge >= 0.3 is 0 Å². The Bertz CT molecular complexity index is 1100. The molecule has 0 radical (unpaired) electrons. The largest absolute Gasteiger partial charge is 0.352 e. The maximum atomic E-state index is 12.2. The number of carbonyl (C=O) groups excluding carboxylic acids is 1. The average molecular weight is 386 g/mol. The molecule has 1 aliphatic heterocycles. The van der Waals surface area contributed by atoms with Crippen molar-refractivity contribution in [2.75, 3.05) is 17.3 Å². The molecule has 2 heterocycles. The predicted molar refractivity (Wildman–Crippen MR) is 105 cm³/mol. The van der Waals surface area contributed by atoms with Crippen LogP contribution in [0.5, 0.6) is 0 Å². The molecule has 7 heteroatoms. The minimum absolute atomic E-state index is 0.0422. The smallest absolute Gasteiger partial charge is 0.230 e. The zero-order valence-corrected chi connectivity index (χ0v) is 15.6. The van der Waals surface area contributed by atoms with Gasteiger partial charge in [-0.3, -0.25) is 4.79 Å². The highest BCUT2D eigenvalue weighted by molar-refractivity contribution is 8.00. The molecule has 1 aliphatic rings. The van der Waals surface area contributed by atoms with E-state index in [4.69, 9.17) is 4.98 Å². The van der Waals surface area contributed by atoms with Crippen LogP contribution in [0.1, 0.15) is 6.42 Å². The molecule has 1 amide bonds. The molecule has 1 atom stereocenters. The van der Waals surface area contributed by atoms with Gasteiger partial charge in [0.2, 0.25) is 5.91 Å². The Hall–Kier alpha value is -2.12. The highest BCUT2D eigenvalue weighted by Gasteiger charge is 2.28. The Morgan fingerprint density at radius 2 is 1.77 bits per heavy atom. The third-order valence-electron chi connectivity index (χ3n) is 4.51. The Labute approximate surface area is 156 Å². The number of benzene rings is 2. The summed E-state index contributed by atoms with van der Waals surface area (Å²) in [5.74, 6) is 0.255. The Morgan fingerprint density at radius 1 is 1.08 bits per heavy atom. The van der Waals surface area contributed by atoms with Gasteiger partial charge in [-0.1, -0.05) is 54.2 Å². The van der Waals surface area contributed by atoms with Gasteiger partial charge in [-0.05, 0) is 17.9 Å². The maximum Gasteiger partial charge on any atom is 0.230 e. The third kappa shape index (κ3) is 3.54. The van der Waals surface area contributed by atoms with Crippen molar-refractivity contribution >= 4 is 49.2 Å². The summed E-state index contributed by atoms with van der Waals surface area (Å²) >= 11 is 1.38. The molecule has 0 unspecified atom stereocenters. The van der Waals surface area contributed by atoms with Crippen molar-refractivity contribution in [1.82, 2.24) is 10.3 Å². The van der Waals surface area contributed by atoms with Crippen LogP contribution in [0, 0.1) is 0 Å². The van der Waals surface area contributed by atoms with Gasteiger partial charge < -0.3 is 5.32 Å². The highest BCUT2D eigenvalue weighted by Crippen LogP contribution is 2.31. The van der Waals surface area contributed by atoms with Gasteiger partial charge in [0.25, 0.3) is 0 Å². The number of aromatic nitrogens is 1. The van der Waals surface area contributed by atoms with Gasteiger partial charge in [0.15, 0.2) is 9.84 Å². The van der Waals surface area contributed by atoms with Crippen LogP contribution in [-0.4, -0.2) is 42.6 Å². The van der Waals surface area contributed by atoms with E-state index in [0.717, 1.165) is 26.7 Å². The molecule has 2 aromatic carbocycles. The van der Waals surface area contributed by atoms with Gasteiger partial charge in [-0.15, -0.1) is 0 Å². The Balaban J connectivity index is 1.54. The normalized spacial score (nSPS) is 19.0.